The Balaban J connectivity index is 1.63. The third-order valence-electron chi connectivity index (χ3n) is 4.84. The number of rotatable bonds is 4. The van der Waals surface area contributed by atoms with Crippen LogP contribution in [0.4, 0.5) is 0 Å². The number of nitrogens with zero attached hydrogens (tertiary/aromatic N) is 4. The molecule has 0 atom stereocenters. The normalized spacial score (nSPS) is 14.3. The summed E-state index contributed by atoms with van der Waals surface area (Å²) in [5.41, 5.74) is 7.22. The summed E-state index contributed by atoms with van der Waals surface area (Å²) in [6.07, 6.45) is 5.94. The highest BCUT2D eigenvalue weighted by Gasteiger charge is 2.23. The molecular weight excluding hydrogens is 312 g/mol. The molecule has 0 radical (unpaired) electrons. The Kier molecular flexibility index (Phi) is 3.26. The number of nitrogens with one attached hydrogen (secondary N) is 2. The smallest absolute Gasteiger partial charge is 0.222 e. The van der Waals surface area contributed by atoms with E-state index in [1.165, 1.54) is 35.2 Å². The molecule has 6 heteroatoms. The number of H-pyrrole nitrogens is 2. The molecule has 1 aromatic heterocycles. The Bertz CT molecular complexity index is 990. The van der Waals surface area contributed by atoms with Crippen molar-refractivity contribution in [3.8, 4) is 22.8 Å². The van der Waals surface area contributed by atoms with Gasteiger partial charge in [0, 0.05) is 5.56 Å². The van der Waals surface area contributed by atoms with Gasteiger partial charge < -0.3 is 0 Å². The predicted octanol–water partition coefficient (Wildman–Crippen LogP) is 3.72. The summed E-state index contributed by atoms with van der Waals surface area (Å²) in [6.45, 7) is 0.775. The van der Waals surface area contributed by atoms with Crippen LogP contribution < -0.4 is 0 Å². The van der Waals surface area contributed by atoms with Crippen molar-refractivity contribution in [3.05, 3.63) is 59.7 Å². The number of aromatic nitrogens is 6. The van der Waals surface area contributed by atoms with Gasteiger partial charge in [-0.15, -0.1) is 10.2 Å². The summed E-state index contributed by atoms with van der Waals surface area (Å²) in [7, 11) is 0. The molecule has 2 N–H and O–H groups in total. The third-order valence-corrected chi connectivity index (χ3v) is 4.84. The van der Waals surface area contributed by atoms with E-state index in [1.807, 2.05) is 6.07 Å². The molecule has 0 bridgehead atoms. The van der Waals surface area contributed by atoms with Crippen molar-refractivity contribution in [1.29, 1.82) is 0 Å². The molecule has 2 aromatic rings. The lowest BCUT2D eigenvalue weighted by atomic mass is 10.1. The minimum absolute atomic E-state index is 0.592. The van der Waals surface area contributed by atoms with Crippen molar-refractivity contribution >= 4 is 5.57 Å². The fourth-order valence-electron chi connectivity index (χ4n) is 3.62. The summed E-state index contributed by atoms with van der Waals surface area (Å²) in [5, 5.41) is 18.0. The molecule has 0 saturated carbocycles. The van der Waals surface area contributed by atoms with E-state index in [0.29, 0.717) is 5.82 Å². The number of benzene rings is 1. The van der Waals surface area contributed by atoms with Crippen LogP contribution in [0.3, 0.4) is 0 Å². The van der Waals surface area contributed by atoms with Crippen LogP contribution in [0.1, 0.15) is 30.4 Å². The van der Waals surface area contributed by atoms with Crippen LogP contribution in [0.15, 0.2) is 48.5 Å². The van der Waals surface area contributed by atoms with Gasteiger partial charge in [-0.2, -0.15) is 5.21 Å². The first kappa shape index (κ1) is 14.2. The summed E-state index contributed by atoms with van der Waals surface area (Å²) in [6, 6.07) is 15.0. The number of allylic oxidation sites excluding steroid dienone is 2. The van der Waals surface area contributed by atoms with Crippen molar-refractivity contribution in [3.63, 3.8) is 0 Å². The second kappa shape index (κ2) is 5.73. The first-order valence-corrected chi connectivity index (χ1v) is 8.58. The average molecular weight is 330 g/mol. The number of fused-ring (bicyclic) bond motifs is 1. The fraction of sp³-hybridized carbons (Fsp3) is 0.211. The largest absolute Gasteiger partial charge is 0.294 e. The van der Waals surface area contributed by atoms with Crippen molar-refractivity contribution in [1.82, 2.24) is 30.4 Å². The van der Waals surface area contributed by atoms with Crippen molar-refractivity contribution in [2.75, 3.05) is 0 Å². The van der Waals surface area contributed by atoms with Crippen LogP contribution in [-0.2, 0) is 6.54 Å². The second-order valence-electron chi connectivity index (χ2n) is 6.46. The molecule has 2 heterocycles. The molecule has 2 aliphatic carbocycles. The lowest BCUT2D eigenvalue weighted by molar-refractivity contribution is 0.698. The van der Waals surface area contributed by atoms with Gasteiger partial charge >= 0.3 is 0 Å². The molecule has 0 fully saturated rings. The van der Waals surface area contributed by atoms with Gasteiger partial charge in [0.1, 0.15) is 5.69 Å². The minimum Gasteiger partial charge on any atom is -0.294 e. The highest BCUT2D eigenvalue weighted by atomic mass is 15.5. The molecule has 25 heavy (non-hydrogen) atoms. The molecule has 5 rings (SSSR count). The first-order chi connectivity index (χ1) is 12.4. The number of aromatic amines is 2. The highest BCUT2D eigenvalue weighted by molar-refractivity contribution is 5.85. The fourth-order valence-corrected chi connectivity index (χ4v) is 3.62. The zero-order chi connectivity index (χ0) is 16.6. The summed E-state index contributed by atoms with van der Waals surface area (Å²) < 4.78 is 2.16. The zero-order valence-electron chi connectivity index (χ0n) is 13.7. The first-order valence-electron chi connectivity index (χ1n) is 8.58. The maximum atomic E-state index is 4.16. The predicted molar refractivity (Wildman–Crippen MR) is 95.9 cm³/mol. The Labute approximate surface area is 144 Å². The van der Waals surface area contributed by atoms with E-state index in [-0.39, 0.29) is 0 Å². The van der Waals surface area contributed by atoms with Gasteiger partial charge in [0.15, 0.2) is 0 Å². The van der Waals surface area contributed by atoms with Gasteiger partial charge in [-0.1, -0.05) is 36.4 Å². The highest BCUT2D eigenvalue weighted by Crippen LogP contribution is 2.39. The maximum Gasteiger partial charge on any atom is 0.222 e. The van der Waals surface area contributed by atoms with Gasteiger partial charge in [0.25, 0.3) is 0 Å². The van der Waals surface area contributed by atoms with Gasteiger partial charge in [-0.3, -0.25) is 9.78 Å². The molecule has 6 nitrogen and oxygen atoms in total. The maximum absolute atomic E-state index is 4.16. The van der Waals surface area contributed by atoms with Crippen LogP contribution in [0, 0.1) is 0 Å². The molecule has 0 unspecified atom stereocenters. The minimum atomic E-state index is 0.592. The monoisotopic (exact) mass is 330 g/mol. The summed E-state index contributed by atoms with van der Waals surface area (Å²) >= 11 is 0. The molecule has 3 aliphatic rings. The second-order valence-corrected chi connectivity index (χ2v) is 6.46. The molecule has 0 spiro atoms. The zero-order valence-corrected chi connectivity index (χ0v) is 13.7. The van der Waals surface area contributed by atoms with Crippen LogP contribution in [0.2, 0.25) is 0 Å². The third kappa shape index (κ3) is 2.46. The Hall–Kier alpha value is -3.15. The lowest BCUT2D eigenvalue weighted by Gasteiger charge is -2.05. The molecular formula is C19H18N6. The van der Waals surface area contributed by atoms with E-state index in [9.17, 15) is 0 Å². The van der Waals surface area contributed by atoms with Crippen molar-refractivity contribution in [2.24, 2.45) is 0 Å². The molecule has 1 aromatic carbocycles. The Morgan fingerprint density at radius 3 is 2.80 bits per heavy atom. The van der Waals surface area contributed by atoms with Crippen LogP contribution in [0.5, 0.6) is 0 Å². The number of hydrogen-bond donors (Lipinski definition) is 2. The van der Waals surface area contributed by atoms with E-state index >= 15 is 0 Å². The van der Waals surface area contributed by atoms with Crippen molar-refractivity contribution in [2.45, 2.75) is 25.8 Å². The van der Waals surface area contributed by atoms with E-state index in [4.69, 9.17) is 0 Å². The van der Waals surface area contributed by atoms with Crippen LogP contribution in [0.25, 0.3) is 28.3 Å². The van der Waals surface area contributed by atoms with E-state index < -0.39 is 0 Å². The SMILES string of the molecule is C1=C(c2cc3c(-c4nn[nH]n4)[nH]n(Cc4ccccc4)c-3c2)CCC1. The van der Waals surface area contributed by atoms with Gasteiger partial charge in [0.05, 0.1) is 12.2 Å². The van der Waals surface area contributed by atoms with Crippen LogP contribution in [-0.4, -0.2) is 30.4 Å². The van der Waals surface area contributed by atoms with E-state index in [0.717, 1.165) is 24.2 Å². The Morgan fingerprint density at radius 1 is 1.12 bits per heavy atom. The topological polar surface area (TPSA) is 75.2 Å². The Morgan fingerprint density at radius 2 is 2.04 bits per heavy atom. The summed E-state index contributed by atoms with van der Waals surface area (Å²) in [4.78, 5) is 0. The molecule has 1 aliphatic heterocycles. The summed E-state index contributed by atoms with van der Waals surface area (Å²) in [5.74, 6) is 0.592. The lowest BCUT2D eigenvalue weighted by Crippen LogP contribution is -2.02. The standard InChI is InChI=1S/C19H18N6/c1-2-6-13(7-3-1)12-25-17-11-15(14-8-4-5-9-14)10-16(17)18(22-25)19-20-23-24-21-19/h1-3,6-8,10-11,22H,4-5,9,12H2,(H,20,21,23,24). The molecule has 0 saturated heterocycles. The molecule has 124 valence electrons. The number of tetrazole rings is 1. The van der Waals surface area contributed by atoms with Gasteiger partial charge in [-0.05, 0) is 53.3 Å². The molecule has 0 amide bonds. The average Bonchev–Trinajstić information content (AvgIpc) is 3.41. The number of hydrogen-bond acceptors (Lipinski definition) is 3. The van der Waals surface area contributed by atoms with Crippen LogP contribution >= 0.6 is 0 Å². The van der Waals surface area contributed by atoms with Gasteiger partial charge in [-0.25, -0.2) is 0 Å². The van der Waals surface area contributed by atoms with E-state index in [1.54, 1.807) is 0 Å². The van der Waals surface area contributed by atoms with Crippen molar-refractivity contribution < 1.29 is 0 Å². The van der Waals surface area contributed by atoms with Gasteiger partial charge in [0.2, 0.25) is 5.82 Å². The van der Waals surface area contributed by atoms with E-state index in [2.05, 4.69) is 72.9 Å². The quantitative estimate of drug-likeness (QED) is 0.599.